The van der Waals surface area contributed by atoms with Gasteiger partial charge < -0.3 is 10.6 Å². The van der Waals surface area contributed by atoms with E-state index in [1.54, 1.807) is 0 Å². The molecule has 2 aromatic rings. The summed E-state index contributed by atoms with van der Waals surface area (Å²) >= 11 is 3.59. The fourth-order valence-corrected chi connectivity index (χ4v) is 3.04. The van der Waals surface area contributed by atoms with Gasteiger partial charge in [0.25, 0.3) is 0 Å². The quantitative estimate of drug-likeness (QED) is 0.825. The number of benzene rings is 1. The summed E-state index contributed by atoms with van der Waals surface area (Å²) in [7, 11) is 0. The third-order valence-corrected chi connectivity index (χ3v) is 4.46. The molecule has 1 atom stereocenters. The Labute approximate surface area is 127 Å². The molecule has 0 unspecified atom stereocenters. The molecule has 2 N–H and O–H groups in total. The summed E-state index contributed by atoms with van der Waals surface area (Å²) in [5.74, 6) is 1.73. The molecule has 0 spiro atoms. The van der Waals surface area contributed by atoms with Crippen LogP contribution in [0, 0.1) is 5.92 Å². The molecule has 5 heteroatoms. The molecule has 0 aliphatic carbocycles. The number of aromatic nitrogens is 2. The monoisotopic (exact) mass is 334 g/mol. The molecule has 0 fully saturated rings. The van der Waals surface area contributed by atoms with Gasteiger partial charge in [-0.3, -0.25) is 0 Å². The minimum absolute atomic E-state index is 0.599. The van der Waals surface area contributed by atoms with E-state index in [1.807, 2.05) is 16.9 Å². The molecular formula is C15H19BrN4. The van der Waals surface area contributed by atoms with Gasteiger partial charge in [-0.05, 0) is 24.6 Å². The highest BCUT2D eigenvalue weighted by Crippen LogP contribution is 2.17. The molecule has 106 valence electrons. The van der Waals surface area contributed by atoms with Crippen LogP contribution in [0.1, 0.15) is 5.56 Å². The molecular weight excluding hydrogens is 316 g/mol. The number of nitrogens with zero attached hydrogens (tertiary/aromatic N) is 2. The second-order valence-electron chi connectivity index (χ2n) is 5.19. The smallest absolute Gasteiger partial charge is 0.124 e. The van der Waals surface area contributed by atoms with Gasteiger partial charge in [-0.1, -0.05) is 34.1 Å². The number of anilines is 1. The lowest BCUT2D eigenvalue weighted by Gasteiger charge is -2.25. The Balaban J connectivity index is 1.42. The van der Waals surface area contributed by atoms with Gasteiger partial charge in [-0.25, -0.2) is 4.68 Å². The highest BCUT2D eigenvalue weighted by molar-refractivity contribution is 9.10. The third-order valence-electron chi connectivity index (χ3n) is 3.68. The minimum atomic E-state index is 0.599. The predicted molar refractivity (Wildman–Crippen MR) is 84.9 cm³/mol. The molecule has 0 radical (unpaired) electrons. The van der Waals surface area contributed by atoms with E-state index in [-0.39, 0.29) is 0 Å². The van der Waals surface area contributed by atoms with Gasteiger partial charge >= 0.3 is 0 Å². The Morgan fingerprint density at radius 3 is 3.15 bits per heavy atom. The van der Waals surface area contributed by atoms with E-state index in [2.05, 4.69) is 55.9 Å². The number of hydrogen-bond donors (Lipinski definition) is 2. The average molecular weight is 335 g/mol. The Kier molecular flexibility index (Phi) is 4.38. The van der Waals surface area contributed by atoms with Crippen LogP contribution in [0.25, 0.3) is 0 Å². The molecule has 1 aliphatic heterocycles. The van der Waals surface area contributed by atoms with Crippen molar-refractivity contribution in [1.29, 1.82) is 0 Å². The Morgan fingerprint density at radius 1 is 1.35 bits per heavy atom. The Bertz CT molecular complexity index is 567. The number of hydrogen-bond acceptors (Lipinski definition) is 3. The summed E-state index contributed by atoms with van der Waals surface area (Å²) < 4.78 is 3.24. The standard InChI is InChI=1S/C15H19BrN4/c16-14-4-2-1-3-13(14)5-7-17-9-12-10-18-15-6-8-19-20(15)11-12/h1-4,6,8,12,17-18H,5,7,9-11H2/t12-/m1/s1. The first-order valence-electron chi connectivity index (χ1n) is 7.03. The molecule has 3 rings (SSSR count). The van der Waals surface area contributed by atoms with Crippen LogP contribution >= 0.6 is 15.9 Å². The topological polar surface area (TPSA) is 41.9 Å². The fourth-order valence-electron chi connectivity index (χ4n) is 2.55. The van der Waals surface area contributed by atoms with Crippen LogP contribution in [0.3, 0.4) is 0 Å². The molecule has 2 heterocycles. The molecule has 4 nitrogen and oxygen atoms in total. The van der Waals surface area contributed by atoms with E-state index in [0.717, 1.165) is 38.4 Å². The molecule has 20 heavy (non-hydrogen) atoms. The zero-order valence-electron chi connectivity index (χ0n) is 11.3. The van der Waals surface area contributed by atoms with Crippen LogP contribution in [0.2, 0.25) is 0 Å². The van der Waals surface area contributed by atoms with Gasteiger partial charge in [-0.15, -0.1) is 0 Å². The van der Waals surface area contributed by atoms with Crippen molar-refractivity contribution in [1.82, 2.24) is 15.1 Å². The van der Waals surface area contributed by atoms with Crippen molar-refractivity contribution in [3.63, 3.8) is 0 Å². The van der Waals surface area contributed by atoms with Crippen LogP contribution in [0.4, 0.5) is 5.82 Å². The SMILES string of the molecule is Brc1ccccc1CCNC[C@@H]1CNc2ccnn2C1. The van der Waals surface area contributed by atoms with Crippen molar-refractivity contribution in [3.8, 4) is 0 Å². The van der Waals surface area contributed by atoms with Gasteiger partial charge in [0.05, 0.1) is 6.20 Å². The second-order valence-corrected chi connectivity index (χ2v) is 6.05. The van der Waals surface area contributed by atoms with Crippen LogP contribution in [0.15, 0.2) is 41.0 Å². The molecule has 1 aromatic heterocycles. The lowest BCUT2D eigenvalue weighted by atomic mass is 10.1. The van der Waals surface area contributed by atoms with Crippen molar-refractivity contribution < 1.29 is 0 Å². The Hall–Kier alpha value is -1.33. The minimum Gasteiger partial charge on any atom is -0.370 e. The Morgan fingerprint density at radius 2 is 2.25 bits per heavy atom. The van der Waals surface area contributed by atoms with Crippen LogP contribution < -0.4 is 10.6 Å². The summed E-state index contributed by atoms with van der Waals surface area (Å²) in [4.78, 5) is 0. The van der Waals surface area contributed by atoms with E-state index in [9.17, 15) is 0 Å². The summed E-state index contributed by atoms with van der Waals surface area (Å²) in [6.45, 7) is 4.05. The average Bonchev–Trinajstić information content (AvgIpc) is 2.93. The number of fused-ring (bicyclic) bond motifs is 1. The first-order chi connectivity index (χ1) is 9.83. The maximum absolute atomic E-state index is 4.31. The molecule has 0 saturated carbocycles. The highest BCUT2D eigenvalue weighted by Gasteiger charge is 2.17. The van der Waals surface area contributed by atoms with Gasteiger partial charge in [0.1, 0.15) is 5.82 Å². The molecule has 0 bridgehead atoms. The molecule has 0 saturated heterocycles. The number of halogens is 1. The molecule has 1 aromatic carbocycles. The van der Waals surface area contributed by atoms with Gasteiger partial charge in [0.15, 0.2) is 0 Å². The summed E-state index contributed by atoms with van der Waals surface area (Å²) in [5, 5.41) is 11.3. The van der Waals surface area contributed by atoms with E-state index in [1.165, 1.54) is 10.0 Å². The summed E-state index contributed by atoms with van der Waals surface area (Å²) in [6.07, 6.45) is 2.90. The van der Waals surface area contributed by atoms with Gasteiger partial charge in [0.2, 0.25) is 0 Å². The maximum atomic E-state index is 4.31. The van der Waals surface area contributed by atoms with Crippen LogP contribution in [0.5, 0.6) is 0 Å². The normalized spacial score (nSPS) is 17.6. The maximum Gasteiger partial charge on any atom is 0.124 e. The van der Waals surface area contributed by atoms with Crippen LogP contribution in [-0.4, -0.2) is 29.4 Å². The summed E-state index contributed by atoms with van der Waals surface area (Å²) in [5.41, 5.74) is 1.36. The lowest BCUT2D eigenvalue weighted by Crippen LogP contribution is -2.36. The first-order valence-corrected chi connectivity index (χ1v) is 7.82. The van der Waals surface area contributed by atoms with Crippen LogP contribution in [-0.2, 0) is 13.0 Å². The lowest BCUT2D eigenvalue weighted by molar-refractivity contribution is 0.393. The zero-order chi connectivity index (χ0) is 13.8. The van der Waals surface area contributed by atoms with E-state index >= 15 is 0 Å². The van der Waals surface area contributed by atoms with E-state index in [4.69, 9.17) is 0 Å². The van der Waals surface area contributed by atoms with Crippen molar-refractivity contribution in [2.75, 3.05) is 25.0 Å². The second kappa shape index (κ2) is 6.41. The largest absolute Gasteiger partial charge is 0.370 e. The summed E-state index contributed by atoms with van der Waals surface area (Å²) in [6, 6.07) is 10.4. The van der Waals surface area contributed by atoms with Crippen molar-refractivity contribution in [3.05, 3.63) is 46.6 Å². The fraction of sp³-hybridized carbons (Fsp3) is 0.400. The number of rotatable bonds is 5. The van der Waals surface area contributed by atoms with Gasteiger partial charge in [0, 0.05) is 36.1 Å². The molecule has 1 aliphatic rings. The predicted octanol–water partition coefficient (Wildman–Crippen LogP) is 2.52. The van der Waals surface area contributed by atoms with E-state index in [0.29, 0.717) is 5.92 Å². The molecule has 0 amide bonds. The van der Waals surface area contributed by atoms with Crippen molar-refractivity contribution in [2.45, 2.75) is 13.0 Å². The van der Waals surface area contributed by atoms with E-state index < -0.39 is 0 Å². The highest BCUT2D eigenvalue weighted by atomic mass is 79.9. The third kappa shape index (κ3) is 3.22. The number of nitrogens with one attached hydrogen (secondary N) is 2. The van der Waals surface area contributed by atoms with Crippen molar-refractivity contribution in [2.24, 2.45) is 5.92 Å². The first kappa shape index (κ1) is 13.6. The van der Waals surface area contributed by atoms with Gasteiger partial charge in [-0.2, -0.15) is 5.10 Å². The zero-order valence-corrected chi connectivity index (χ0v) is 12.9. The van der Waals surface area contributed by atoms with Crippen molar-refractivity contribution >= 4 is 21.7 Å².